The van der Waals surface area contributed by atoms with Gasteiger partial charge in [0.05, 0.1) is 17.3 Å². The summed E-state index contributed by atoms with van der Waals surface area (Å²) in [5.74, 6) is 3.82. The summed E-state index contributed by atoms with van der Waals surface area (Å²) in [6.45, 7) is 4.87. The summed E-state index contributed by atoms with van der Waals surface area (Å²) in [5, 5.41) is 43.4. The second-order valence-electron chi connectivity index (χ2n) is 12.2. The summed E-state index contributed by atoms with van der Waals surface area (Å²) >= 11 is 0. The van der Waals surface area contributed by atoms with E-state index in [-0.39, 0.29) is 23.5 Å². The minimum atomic E-state index is -0.682. The van der Waals surface area contributed by atoms with Crippen LogP contribution in [-0.4, -0.2) is 44.3 Å². The number of fused-ring (bicyclic) bond motifs is 10. The Hall–Kier alpha value is -0.160. The summed E-state index contributed by atoms with van der Waals surface area (Å²) < 4.78 is 0. The van der Waals surface area contributed by atoms with Crippen LogP contribution >= 0.6 is 0 Å². The maximum absolute atomic E-state index is 11.9. The summed E-state index contributed by atoms with van der Waals surface area (Å²) in [6.07, 6.45) is 7.91. The van der Waals surface area contributed by atoms with Crippen LogP contribution in [0.4, 0.5) is 0 Å². The molecule has 3 unspecified atom stereocenters. The van der Waals surface area contributed by atoms with Crippen molar-refractivity contribution in [2.24, 2.45) is 52.3 Å². The van der Waals surface area contributed by atoms with Gasteiger partial charge in [0.2, 0.25) is 0 Å². The van der Waals surface area contributed by atoms with Gasteiger partial charge in [0.1, 0.15) is 0 Å². The molecule has 4 nitrogen and oxygen atoms in total. The molecule has 0 amide bonds. The zero-order valence-corrected chi connectivity index (χ0v) is 17.5. The maximum Gasteiger partial charge on any atom is 0.0759 e. The fraction of sp³-hybridized carbons (Fsp3) is 1.00. The first-order chi connectivity index (χ1) is 13.2. The lowest BCUT2D eigenvalue weighted by Crippen LogP contribution is -2.65. The average Bonchev–Trinajstić information content (AvgIpc) is 3.54. The van der Waals surface area contributed by atoms with Crippen LogP contribution in [0.25, 0.3) is 0 Å². The number of aliphatic hydroxyl groups excluding tert-OH is 2. The predicted molar refractivity (Wildman–Crippen MR) is 105 cm³/mol. The number of hydrogen-bond acceptors (Lipinski definition) is 4. The quantitative estimate of drug-likeness (QED) is 0.597. The highest BCUT2D eigenvalue weighted by molar-refractivity contribution is 5.29. The lowest BCUT2D eigenvalue weighted by molar-refractivity contribution is -0.237. The van der Waals surface area contributed by atoms with Gasteiger partial charge in [0, 0.05) is 13.0 Å². The molecule has 6 aliphatic rings. The minimum Gasteiger partial charge on any atom is -0.396 e. The fourth-order valence-corrected chi connectivity index (χ4v) is 10.1. The van der Waals surface area contributed by atoms with E-state index in [9.17, 15) is 20.4 Å². The van der Waals surface area contributed by atoms with Crippen LogP contribution < -0.4 is 0 Å². The maximum atomic E-state index is 11.9. The second-order valence-corrected chi connectivity index (χ2v) is 12.2. The van der Waals surface area contributed by atoms with Gasteiger partial charge in [-0.05, 0) is 104 Å². The van der Waals surface area contributed by atoms with Gasteiger partial charge in [0.25, 0.3) is 0 Å². The SMILES string of the molecule is C[C@]12CC[C@H]3C([C@@H]1C1CC1[C@@]2(O)CCCO)[C@H]1C[C@H]1[C@]1(O)C[C@@H](O)CC[C@]31C. The van der Waals surface area contributed by atoms with Crippen LogP contribution in [0.1, 0.15) is 71.6 Å². The highest BCUT2D eigenvalue weighted by atomic mass is 16.3. The van der Waals surface area contributed by atoms with E-state index < -0.39 is 11.2 Å². The van der Waals surface area contributed by atoms with Gasteiger partial charge in [-0.3, -0.25) is 0 Å². The Morgan fingerprint density at radius 2 is 1.61 bits per heavy atom. The van der Waals surface area contributed by atoms with Crippen LogP contribution in [0.5, 0.6) is 0 Å². The van der Waals surface area contributed by atoms with Crippen LogP contribution in [0.2, 0.25) is 0 Å². The van der Waals surface area contributed by atoms with Crippen molar-refractivity contribution in [2.75, 3.05) is 6.61 Å². The predicted octanol–water partition coefficient (Wildman–Crippen LogP) is 2.72. The van der Waals surface area contributed by atoms with Crippen LogP contribution in [-0.2, 0) is 0 Å². The van der Waals surface area contributed by atoms with Crippen molar-refractivity contribution < 1.29 is 20.4 Å². The van der Waals surface area contributed by atoms with E-state index in [1.807, 2.05) is 0 Å². The molecule has 0 bridgehead atoms. The van der Waals surface area contributed by atoms with Crippen molar-refractivity contribution in [1.29, 1.82) is 0 Å². The van der Waals surface area contributed by atoms with E-state index >= 15 is 0 Å². The molecule has 28 heavy (non-hydrogen) atoms. The van der Waals surface area contributed by atoms with Crippen molar-refractivity contribution >= 4 is 0 Å². The molecule has 158 valence electrons. The van der Waals surface area contributed by atoms with Crippen molar-refractivity contribution in [3.05, 3.63) is 0 Å². The van der Waals surface area contributed by atoms with E-state index in [1.165, 1.54) is 6.42 Å². The highest BCUT2D eigenvalue weighted by Crippen LogP contribution is 2.82. The normalized spacial score (nSPS) is 66.2. The van der Waals surface area contributed by atoms with Gasteiger partial charge in [-0.25, -0.2) is 0 Å². The molecule has 0 radical (unpaired) electrons. The van der Waals surface area contributed by atoms with E-state index in [0.29, 0.717) is 54.3 Å². The first-order valence-electron chi connectivity index (χ1n) is 11.9. The fourth-order valence-electron chi connectivity index (χ4n) is 10.1. The van der Waals surface area contributed by atoms with Crippen molar-refractivity contribution in [3.8, 4) is 0 Å². The Bertz CT molecular complexity index is 696. The van der Waals surface area contributed by atoms with E-state index in [4.69, 9.17) is 0 Å². The van der Waals surface area contributed by atoms with Gasteiger partial charge in [0.15, 0.2) is 0 Å². The Kier molecular flexibility index (Phi) is 3.56. The summed E-state index contributed by atoms with van der Waals surface area (Å²) in [7, 11) is 0. The van der Waals surface area contributed by atoms with Gasteiger partial charge in [-0.1, -0.05) is 13.8 Å². The zero-order chi connectivity index (χ0) is 19.7. The summed E-state index contributed by atoms with van der Waals surface area (Å²) in [6, 6.07) is 0. The van der Waals surface area contributed by atoms with E-state index in [0.717, 1.165) is 38.5 Å². The summed E-state index contributed by atoms with van der Waals surface area (Å²) in [5.41, 5.74) is -1.38. The minimum absolute atomic E-state index is 0.0238. The van der Waals surface area contributed by atoms with Crippen molar-refractivity contribution in [1.82, 2.24) is 0 Å². The summed E-state index contributed by atoms with van der Waals surface area (Å²) in [4.78, 5) is 0. The third-order valence-electron chi connectivity index (χ3n) is 11.5. The van der Waals surface area contributed by atoms with Crippen molar-refractivity contribution in [2.45, 2.75) is 88.9 Å². The van der Waals surface area contributed by atoms with Crippen LogP contribution in [0.3, 0.4) is 0 Å². The molecule has 12 atom stereocenters. The molecular weight excluding hydrogens is 352 g/mol. The first kappa shape index (κ1) is 18.6. The second kappa shape index (κ2) is 5.36. The van der Waals surface area contributed by atoms with Gasteiger partial charge in [-0.15, -0.1) is 0 Å². The van der Waals surface area contributed by atoms with Crippen LogP contribution in [0, 0.1) is 52.3 Å². The first-order valence-corrected chi connectivity index (χ1v) is 11.9. The Labute approximate surface area is 168 Å². The Morgan fingerprint density at radius 3 is 2.36 bits per heavy atom. The largest absolute Gasteiger partial charge is 0.396 e. The zero-order valence-electron chi connectivity index (χ0n) is 17.5. The highest BCUT2D eigenvalue weighted by Gasteiger charge is 2.80. The standard InChI is InChI=1S/C24H38O4/c1-21-7-4-13(26)12-24(21,28)17-10-14(17)19-16(21)5-8-22(2)20(19)15-11-18(15)23(22,27)6-3-9-25/h13-20,25-28H,3-12H2,1-2H3/t13-,14-,15?,16-,17+,18?,19?,20-,21+,22-,23-,24+/m0/s1. The lowest BCUT2D eigenvalue weighted by Gasteiger charge is -2.64. The molecule has 6 aliphatic carbocycles. The molecule has 0 aromatic rings. The molecule has 4 N–H and O–H groups in total. The molecule has 0 aliphatic heterocycles. The molecule has 0 saturated heterocycles. The number of rotatable bonds is 3. The number of hydrogen-bond donors (Lipinski definition) is 4. The Morgan fingerprint density at radius 1 is 0.893 bits per heavy atom. The third-order valence-corrected chi connectivity index (χ3v) is 11.5. The molecule has 4 heteroatoms. The van der Waals surface area contributed by atoms with Gasteiger partial charge < -0.3 is 20.4 Å². The van der Waals surface area contributed by atoms with E-state index in [2.05, 4.69) is 13.8 Å². The lowest BCUT2D eigenvalue weighted by atomic mass is 9.42. The smallest absolute Gasteiger partial charge is 0.0759 e. The van der Waals surface area contributed by atoms with Crippen LogP contribution in [0.15, 0.2) is 0 Å². The van der Waals surface area contributed by atoms with Gasteiger partial charge >= 0.3 is 0 Å². The Balaban J connectivity index is 1.38. The monoisotopic (exact) mass is 390 g/mol. The molecule has 0 aromatic heterocycles. The topological polar surface area (TPSA) is 80.9 Å². The molecule has 0 spiro atoms. The van der Waals surface area contributed by atoms with Gasteiger partial charge in [-0.2, -0.15) is 0 Å². The van der Waals surface area contributed by atoms with Crippen molar-refractivity contribution in [3.63, 3.8) is 0 Å². The van der Waals surface area contributed by atoms with E-state index in [1.54, 1.807) is 0 Å². The molecule has 0 heterocycles. The molecular formula is C24H38O4. The molecule has 6 fully saturated rings. The number of aliphatic hydroxyl groups is 4. The average molecular weight is 391 g/mol. The molecule has 6 rings (SSSR count). The molecule has 0 aromatic carbocycles. The third kappa shape index (κ3) is 1.89. The molecule has 6 saturated carbocycles.